The van der Waals surface area contributed by atoms with Crippen molar-refractivity contribution in [1.29, 1.82) is 0 Å². The number of nitrogens with zero attached hydrogens (tertiary/aromatic N) is 3. The molecule has 0 radical (unpaired) electrons. The van der Waals surface area contributed by atoms with Gasteiger partial charge in [-0.25, -0.2) is 9.97 Å². The van der Waals surface area contributed by atoms with Crippen molar-refractivity contribution in [2.45, 2.75) is 18.4 Å². The molecule has 0 aliphatic heterocycles. The largest absolute Gasteiger partial charge is 0.463 e. The summed E-state index contributed by atoms with van der Waals surface area (Å²) in [5, 5.41) is 12.2. The third-order valence-corrected chi connectivity index (χ3v) is 4.78. The second-order valence-corrected chi connectivity index (χ2v) is 6.90. The summed E-state index contributed by atoms with van der Waals surface area (Å²) in [6, 6.07) is 11.0. The van der Waals surface area contributed by atoms with Gasteiger partial charge in [-0.3, -0.25) is 4.98 Å². The van der Waals surface area contributed by atoms with E-state index in [0.29, 0.717) is 40.2 Å². The number of aliphatic hydroxyl groups is 1. The molecule has 6 heteroatoms. The van der Waals surface area contributed by atoms with Crippen molar-refractivity contribution in [3.63, 3.8) is 0 Å². The Morgan fingerprint density at radius 3 is 2.35 bits per heavy atom. The van der Waals surface area contributed by atoms with Crippen LogP contribution in [0.15, 0.2) is 61.2 Å². The van der Waals surface area contributed by atoms with Crippen LogP contribution in [0.25, 0.3) is 0 Å². The molecule has 1 fully saturated rings. The summed E-state index contributed by atoms with van der Waals surface area (Å²) in [7, 11) is 0. The molecule has 1 saturated carbocycles. The highest BCUT2D eigenvalue weighted by atomic mass is 35.5. The lowest BCUT2D eigenvalue weighted by Gasteiger charge is -2.29. The molecule has 5 nitrogen and oxygen atoms in total. The Labute approximate surface area is 156 Å². The van der Waals surface area contributed by atoms with Gasteiger partial charge in [0.05, 0.1) is 6.61 Å². The maximum absolute atomic E-state index is 11.6. The molecule has 1 aliphatic rings. The summed E-state index contributed by atoms with van der Waals surface area (Å²) < 4.78 is 5.59. The number of benzene rings is 1. The molecule has 1 aromatic carbocycles. The molecular weight excluding hydrogens is 350 g/mol. The van der Waals surface area contributed by atoms with E-state index in [1.54, 1.807) is 55.1 Å². The molecule has 1 unspecified atom stereocenters. The monoisotopic (exact) mass is 367 g/mol. The lowest BCUT2D eigenvalue weighted by atomic mass is 9.82. The van der Waals surface area contributed by atoms with E-state index in [2.05, 4.69) is 15.0 Å². The number of pyridine rings is 1. The van der Waals surface area contributed by atoms with Gasteiger partial charge < -0.3 is 9.84 Å². The summed E-state index contributed by atoms with van der Waals surface area (Å²) in [6.45, 7) is 0.642. The molecular formula is C20H18ClN3O2. The van der Waals surface area contributed by atoms with Crippen LogP contribution in [0.4, 0.5) is 0 Å². The van der Waals surface area contributed by atoms with Gasteiger partial charge in [-0.15, -0.1) is 0 Å². The van der Waals surface area contributed by atoms with Crippen LogP contribution in [0, 0.1) is 5.92 Å². The standard InChI is InChI=1S/C20H18ClN3O2/c21-18-7-5-15(6-8-18)20(25,16-2-1-9-22-10-16)17-11-23-19(24-12-17)26-13-14-3-4-14/h1-2,5-12,14,25H,3-4,13H2. The molecule has 1 aliphatic carbocycles. The minimum Gasteiger partial charge on any atom is -0.463 e. The molecule has 2 heterocycles. The van der Waals surface area contributed by atoms with Gasteiger partial charge >= 0.3 is 6.01 Å². The van der Waals surface area contributed by atoms with Crippen LogP contribution in [0.1, 0.15) is 29.5 Å². The predicted molar refractivity (Wildman–Crippen MR) is 98.0 cm³/mol. The molecule has 3 aromatic rings. The van der Waals surface area contributed by atoms with Gasteiger partial charge in [0.2, 0.25) is 0 Å². The zero-order valence-electron chi connectivity index (χ0n) is 14.0. The van der Waals surface area contributed by atoms with E-state index in [-0.39, 0.29) is 0 Å². The molecule has 0 amide bonds. The van der Waals surface area contributed by atoms with Crippen LogP contribution in [0.5, 0.6) is 6.01 Å². The van der Waals surface area contributed by atoms with Gasteiger partial charge in [0.1, 0.15) is 5.60 Å². The van der Waals surface area contributed by atoms with Crippen molar-refractivity contribution in [2.75, 3.05) is 6.61 Å². The highest BCUT2D eigenvalue weighted by Crippen LogP contribution is 2.36. The van der Waals surface area contributed by atoms with Crippen molar-refractivity contribution in [2.24, 2.45) is 5.92 Å². The highest BCUT2D eigenvalue weighted by molar-refractivity contribution is 6.30. The minimum absolute atomic E-state index is 0.324. The molecule has 4 rings (SSSR count). The first kappa shape index (κ1) is 16.9. The minimum atomic E-state index is -1.44. The van der Waals surface area contributed by atoms with Gasteiger partial charge in [0.25, 0.3) is 0 Å². The molecule has 2 aromatic heterocycles. The quantitative estimate of drug-likeness (QED) is 0.721. The maximum Gasteiger partial charge on any atom is 0.316 e. The first-order valence-electron chi connectivity index (χ1n) is 8.50. The number of hydrogen-bond donors (Lipinski definition) is 1. The summed E-state index contributed by atoms with van der Waals surface area (Å²) in [5.41, 5.74) is 0.378. The van der Waals surface area contributed by atoms with E-state index in [0.717, 1.165) is 0 Å². The third kappa shape index (κ3) is 3.41. The van der Waals surface area contributed by atoms with Gasteiger partial charge in [0, 0.05) is 40.9 Å². The SMILES string of the molecule is OC(c1ccc(Cl)cc1)(c1cccnc1)c1cnc(OCC2CC2)nc1. The Morgan fingerprint density at radius 2 is 1.73 bits per heavy atom. The summed E-state index contributed by atoms with van der Waals surface area (Å²) in [6.07, 6.45) is 8.89. The lowest BCUT2D eigenvalue weighted by molar-refractivity contribution is 0.124. The van der Waals surface area contributed by atoms with Crippen molar-refractivity contribution in [1.82, 2.24) is 15.0 Å². The van der Waals surface area contributed by atoms with Crippen LogP contribution >= 0.6 is 11.6 Å². The fourth-order valence-corrected chi connectivity index (χ4v) is 2.95. The van der Waals surface area contributed by atoms with E-state index in [4.69, 9.17) is 16.3 Å². The normalized spacial score (nSPS) is 16.1. The average Bonchev–Trinajstić information content (AvgIpc) is 3.52. The zero-order valence-corrected chi connectivity index (χ0v) is 14.8. The number of aromatic nitrogens is 3. The maximum atomic E-state index is 11.6. The Morgan fingerprint density at radius 1 is 1.00 bits per heavy atom. The van der Waals surface area contributed by atoms with Crippen LogP contribution in [0.2, 0.25) is 5.02 Å². The fourth-order valence-electron chi connectivity index (χ4n) is 2.82. The zero-order chi connectivity index (χ0) is 18.0. The predicted octanol–water partition coefficient (Wildman–Crippen LogP) is 3.60. The molecule has 132 valence electrons. The summed E-state index contributed by atoms with van der Waals surface area (Å²) in [4.78, 5) is 12.7. The number of hydrogen-bond acceptors (Lipinski definition) is 5. The average molecular weight is 368 g/mol. The Bertz CT molecular complexity index is 868. The molecule has 0 spiro atoms. The third-order valence-electron chi connectivity index (χ3n) is 4.53. The van der Waals surface area contributed by atoms with E-state index in [1.165, 1.54) is 12.8 Å². The van der Waals surface area contributed by atoms with Gasteiger partial charge in [0.15, 0.2) is 0 Å². The fraction of sp³-hybridized carbons (Fsp3) is 0.250. The highest BCUT2D eigenvalue weighted by Gasteiger charge is 2.35. The van der Waals surface area contributed by atoms with Crippen LogP contribution in [-0.2, 0) is 5.60 Å². The number of halogens is 1. The first-order valence-corrected chi connectivity index (χ1v) is 8.88. The molecule has 0 bridgehead atoms. The summed E-state index contributed by atoms with van der Waals surface area (Å²) in [5.74, 6) is 0.625. The molecule has 1 N–H and O–H groups in total. The van der Waals surface area contributed by atoms with Crippen LogP contribution in [-0.4, -0.2) is 26.7 Å². The number of ether oxygens (including phenoxy) is 1. The Balaban J connectivity index is 1.71. The van der Waals surface area contributed by atoms with Gasteiger partial charge in [-0.05, 0) is 42.5 Å². The second kappa shape index (κ2) is 7.02. The molecule has 26 heavy (non-hydrogen) atoms. The van der Waals surface area contributed by atoms with Gasteiger partial charge in [-0.2, -0.15) is 0 Å². The smallest absolute Gasteiger partial charge is 0.316 e. The molecule has 0 saturated heterocycles. The van der Waals surface area contributed by atoms with Crippen LogP contribution in [0.3, 0.4) is 0 Å². The Kier molecular flexibility index (Phi) is 4.57. The summed E-state index contributed by atoms with van der Waals surface area (Å²) >= 11 is 6.00. The van der Waals surface area contributed by atoms with Crippen molar-refractivity contribution in [3.05, 3.63) is 82.9 Å². The van der Waals surface area contributed by atoms with E-state index < -0.39 is 5.60 Å². The van der Waals surface area contributed by atoms with Crippen molar-refractivity contribution < 1.29 is 9.84 Å². The second-order valence-electron chi connectivity index (χ2n) is 6.47. The van der Waals surface area contributed by atoms with Crippen molar-refractivity contribution >= 4 is 11.6 Å². The van der Waals surface area contributed by atoms with E-state index in [1.807, 2.05) is 6.07 Å². The van der Waals surface area contributed by atoms with E-state index >= 15 is 0 Å². The number of rotatable bonds is 6. The lowest BCUT2D eigenvalue weighted by Crippen LogP contribution is -2.29. The van der Waals surface area contributed by atoms with E-state index in [9.17, 15) is 5.11 Å². The topological polar surface area (TPSA) is 68.1 Å². The Hall–Kier alpha value is -2.50. The molecule has 1 atom stereocenters. The van der Waals surface area contributed by atoms with Gasteiger partial charge in [-0.1, -0.05) is 29.8 Å². The van der Waals surface area contributed by atoms with Crippen LogP contribution < -0.4 is 4.74 Å². The van der Waals surface area contributed by atoms with Crippen molar-refractivity contribution in [3.8, 4) is 6.01 Å². The first-order chi connectivity index (χ1) is 12.7.